The van der Waals surface area contributed by atoms with Crippen molar-refractivity contribution in [3.63, 3.8) is 0 Å². The van der Waals surface area contributed by atoms with E-state index in [0.29, 0.717) is 5.41 Å². The van der Waals surface area contributed by atoms with E-state index in [-0.39, 0.29) is 0 Å². The summed E-state index contributed by atoms with van der Waals surface area (Å²) in [5.74, 6) is 0. The van der Waals surface area contributed by atoms with Crippen LogP contribution >= 0.6 is 0 Å². The van der Waals surface area contributed by atoms with E-state index in [4.69, 9.17) is 0 Å². The number of hydrogen-bond donors (Lipinski definition) is 1. The summed E-state index contributed by atoms with van der Waals surface area (Å²) < 4.78 is 0. The molecule has 1 fully saturated rings. The minimum Gasteiger partial charge on any atom is -0.317 e. The van der Waals surface area contributed by atoms with Crippen LogP contribution in [0.25, 0.3) is 10.8 Å². The molecule has 2 aromatic rings. The van der Waals surface area contributed by atoms with Gasteiger partial charge in [0.25, 0.3) is 0 Å². The zero-order chi connectivity index (χ0) is 15.3. The van der Waals surface area contributed by atoms with Gasteiger partial charge in [-0.3, -0.25) is 0 Å². The molecule has 22 heavy (non-hydrogen) atoms. The van der Waals surface area contributed by atoms with Gasteiger partial charge in [-0.05, 0) is 60.5 Å². The van der Waals surface area contributed by atoms with Crippen molar-refractivity contribution >= 4 is 10.8 Å². The molecule has 0 atom stereocenters. The molecule has 0 radical (unpaired) electrons. The van der Waals surface area contributed by atoms with E-state index >= 15 is 0 Å². The number of benzene rings is 2. The normalized spacial score (nSPS) is 17.7. The third-order valence-electron chi connectivity index (χ3n) is 5.38. The third kappa shape index (κ3) is 3.35. The molecule has 0 aliphatic heterocycles. The van der Waals surface area contributed by atoms with E-state index in [1.165, 1.54) is 55.7 Å². The summed E-state index contributed by atoms with van der Waals surface area (Å²) in [4.78, 5) is 0. The van der Waals surface area contributed by atoms with Gasteiger partial charge in [0.1, 0.15) is 0 Å². The van der Waals surface area contributed by atoms with Gasteiger partial charge < -0.3 is 5.32 Å². The summed E-state index contributed by atoms with van der Waals surface area (Å²) in [6, 6.07) is 15.9. The second-order valence-corrected chi connectivity index (χ2v) is 6.90. The van der Waals surface area contributed by atoms with Crippen molar-refractivity contribution in [2.45, 2.75) is 57.3 Å². The van der Waals surface area contributed by atoms with Crippen molar-refractivity contribution in [1.29, 1.82) is 0 Å². The highest BCUT2D eigenvalue weighted by Gasteiger charge is 2.33. The quantitative estimate of drug-likeness (QED) is 0.700. The van der Waals surface area contributed by atoms with Crippen LogP contribution < -0.4 is 5.32 Å². The fourth-order valence-corrected chi connectivity index (χ4v) is 4.06. The number of nitrogens with one attached hydrogen (secondary N) is 1. The van der Waals surface area contributed by atoms with Crippen LogP contribution in [0.3, 0.4) is 0 Å². The van der Waals surface area contributed by atoms with Crippen molar-refractivity contribution < 1.29 is 0 Å². The molecule has 3 rings (SSSR count). The maximum Gasteiger partial charge on any atom is -0.00347 e. The molecule has 1 aliphatic carbocycles. The largest absolute Gasteiger partial charge is 0.317 e. The molecule has 0 unspecified atom stereocenters. The average molecular weight is 295 g/mol. The first kappa shape index (κ1) is 15.6. The van der Waals surface area contributed by atoms with Crippen LogP contribution in [-0.2, 0) is 5.41 Å². The average Bonchev–Trinajstić information content (AvgIpc) is 2.59. The predicted molar refractivity (Wildman–Crippen MR) is 96.5 cm³/mol. The van der Waals surface area contributed by atoms with Crippen LogP contribution in [0, 0.1) is 0 Å². The maximum absolute atomic E-state index is 3.61. The van der Waals surface area contributed by atoms with E-state index in [9.17, 15) is 0 Å². The Morgan fingerprint density at radius 1 is 0.909 bits per heavy atom. The smallest absolute Gasteiger partial charge is 0.00347 e. The summed E-state index contributed by atoms with van der Waals surface area (Å²) in [6.07, 6.45) is 9.42. The lowest BCUT2D eigenvalue weighted by Crippen LogP contribution is -2.33. The number of hydrogen-bond acceptors (Lipinski definition) is 1. The predicted octanol–water partition coefficient (Wildman–Crippen LogP) is 5.43. The molecule has 0 saturated heterocycles. The molecule has 1 N–H and O–H groups in total. The van der Waals surface area contributed by atoms with Crippen LogP contribution in [0.2, 0.25) is 0 Å². The molecule has 1 heteroatoms. The van der Waals surface area contributed by atoms with Gasteiger partial charge in [-0.15, -0.1) is 0 Å². The second kappa shape index (κ2) is 7.28. The second-order valence-electron chi connectivity index (χ2n) is 6.90. The monoisotopic (exact) mass is 295 g/mol. The molecule has 118 valence electrons. The van der Waals surface area contributed by atoms with E-state index in [1.807, 2.05) is 0 Å². The van der Waals surface area contributed by atoms with Crippen LogP contribution in [0.4, 0.5) is 0 Å². The Hall–Kier alpha value is -1.34. The van der Waals surface area contributed by atoms with Gasteiger partial charge in [0.15, 0.2) is 0 Å². The molecule has 1 aliphatic rings. The Balaban J connectivity index is 1.86. The van der Waals surface area contributed by atoms with Crippen molar-refractivity contribution in [3.8, 4) is 0 Å². The van der Waals surface area contributed by atoms with E-state index in [0.717, 1.165) is 13.1 Å². The lowest BCUT2D eigenvalue weighted by molar-refractivity contribution is 0.271. The van der Waals surface area contributed by atoms with Gasteiger partial charge in [0, 0.05) is 0 Å². The standard InChI is InChI=1S/C21H29N/c1-2-15-22-16-14-21(12-6-3-7-13-21)20-11-10-18-8-4-5-9-19(18)17-20/h4-5,8-11,17,22H,2-3,6-7,12-16H2,1H3. The van der Waals surface area contributed by atoms with Gasteiger partial charge >= 0.3 is 0 Å². The van der Waals surface area contributed by atoms with Crippen LogP contribution in [-0.4, -0.2) is 13.1 Å². The van der Waals surface area contributed by atoms with E-state index in [1.54, 1.807) is 5.56 Å². The Kier molecular flexibility index (Phi) is 5.15. The molecule has 0 amide bonds. The molecular weight excluding hydrogens is 266 g/mol. The highest BCUT2D eigenvalue weighted by atomic mass is 14.8. The topological polar surface area (TPSA) is 12.0 Å². The summed E-state index contributed by atoms with van der Waals surface area (Å²) in [7, 11) is 0. The fourth-order valence-electron chi connectivity index (χ4n) is 4.06. The Morgan fingerprint density at radius 3 is 2.45 bits per heavy atom. The van der Waals surface area contributed by atoms with Crippen LogP contribution in [0.15, 0.2) is 42.5 Å². The zero-order valence-corrected chi connectivity index (χ0v) is 13.9. The molecule has 0 heterocycles. The van der Waals surface area contributed by atoms with E-state index < -0.39 is 0 Å². The number of fused-ring (bicyclic) bond motifs is 1. The highest BCUT2D eigenvalue weighted by molar-refractivity contribution is 5.83. The Morgan fingerprint density at radius 2 is 1.68 bits per heavy atom. The van der Waals surface area contributed by atoms with Gasteiger partial charge in [0.05, 0.1) is 0 Å². The molecule has 1 saturated carbocycles. The summed E-state index contributed by atoms with van der Waals surface area (Å²) in [6.45, 7) is 4.54. The van der Waals surface area contributed by atoms with Gasteiger partial charge in [-0.1, -0.05) is 68.7 Å². The first-order valence-corrected chi connectivity index (χ1v) is 9.04. The summed E-state index contributed by atoms with van der Waals surface area (Å²) >= 11 is 0. The summed E-state index contributed by atoms with van der Waals surface area (Å²) in [5.41, 5.74) is 1.98. The van der Waals surface area contributed by atoms with Crippen molar-refractivity contribution in [2.75, 3.05) is 13.1 Å². The highest BCUT2D eigenvalue weighted by Crippen LogP contribution is 2.42. The lowest BCUT2D eigenvalue weighted by atomic mass is 9.67. The zero-order valence-electron chi connectivity index (χ0n) is 13.9. The minimum absolute atomic E-state index is 0.406. The lowest BCUT2D eigenvalue weighted by Gasteiger charge is -2.38. The molecule has 0 bridgehead atoms. The third-order valence-corrected chi connectivity index (χ3v) is 5.38. The molecule has 0 aromatic heterocycles. The minimum atomic E-state index is 0.406. The number of rotatable bonds is 6. The summed E-state index contributed by atoms with van der Waals surface area (Å²) in [5, 5.41) is 6.37. The van der Waals surface area contributed by atoms with Crippen LogP contribution in [0.5, 0.6) is 0 Å². The van der Waals surface area contributed by atoms with Gasteiger partial charge in [-0.25, -0.2) is 0 Å². The van der Waals surface area contributed by atoms with E-state index in [2.05, 4.69) is 54.7 Å². The van der Waals surface area contributed by atoms with Crippen molar-refractivity contribution in [2.24, 2.45) is 0 Å². The van der Waals surface area contributed by atoms with Gasteiger partial charge in [-0.2, -0.15) is 0 Å². The Labute approximate surface area is 135 Å². The van der Waals surface area contributed by atoms with Crippen LogP contribution in [0.1, 0.15) is 57.4 Å². The SMILES string of the molecule is CCCNCCC1(c2ccc3ccccc3c2)CCCCC1. The van der Waals surface area contributed by atoms with Gasteiger partial charge in [0.2, 0.25) is 0 Å². The maximum atomic E-state index is 3.61. The fraction of sp³-hybridized carbons (Fsp3) is 0.524. The first-order valence-electron chi connectivity index (χ1n) is 9.04. The van der Waals surface area contributed by atoms with Crippen molar-refractivity contribution in [3.05, 3.63) is 48.0 Å². The molecular formula is C21H29N. The Bertz CT molecular complexity index is 596. The molecule has 1 nitrogen and oxygen atoms in total. The first-order chi connectivity index (χ1) is 10.8. The van der Waals surface area contributed by atoms with Crippen molar-refractivity contribution in [1.82, 2.24) is 5.32 Å². The molecule has 0 spiro atoms. The molecule has 2 aromatic carbocycles.